The number of anilines is 1. The van der Waals surface area contributed by atoms with Crippen molar-refractivity contribution in [1.29, 1.82) is 0 Å². The first-order valence-corrected chi connectivity index (χ1v) is 14.5. The van der Waals surface area contributed by atoms with E-state index >= 15 is 0 Å². The predicted molar refractivity (Wildman–Crippen MR) is 142 cm³/mol. The Balaban J connectivity index is 1.70. The van der Waals surface area contributed by atoms with Crippen LogP contribution in [0.1, 0.15) is 37.8 Å². The molecule has 206 valence electrons. The van der Waals surface area contributed by atoms with Crippen molar-refractivity contribution < 1.29 is 27.1 Å². The molecular formula is C27H35FN4O5S. The van der Waals surface area contributed by atoms with Gasteiger partial charge in [-0.05, 0) is 57.5 Å². The highest BCUT2D eigenvalue weighted by Crippen LogP contribution is 2.50. The number of ether oxygens (including phenoxy) is 1. The minimum atomic E-state index is -3.94. The van der Waals surface area contributed by atoms with Crippen molar-refractivity contribution in [2.45, 2.75) is 61.2 Å². The van der Waals surface area contributed by atoms with E-state index in [1.165, 1.54) is 19.9 Å². The van der Waals surface area contributed by atoms with E-state index in [0.717, 1.165) is 17.9 Å². The van der Waals surface area contributed by atoms with Crippen molar-refractivity contribution in [3.63, 3.8) is 0 Å². The number of benzene rings is 2. The van der Waals surface area contributed by atoms with E-state index < -0.39 is 44.6 Å². The summed E-state index contributed by atoms with van der Waals surface area (Å²) in [5, 5.41) is 9.17. The van der Waals surface area contributed by atoms with Gasteiger partial charge in [0.05, 0.1) is 24.8 Å². The molecule has 1 fully saturated rings. The summed E-state index contributed by atoms with van der Waals surface area (Å²) in [5.41, 5.74) is 5.37. The van der Waals surface area contributed by atoms with Crippen molar-refractivity contribution in [2.24, 2.45) is 5.73 Å². The van der Waals surface area contributed by atoms with Gasteiger partial charge in [0.25, 0.3) is 0 Å². The van der Waals surface area contributed by atoms with Crippen LogP contribution in [0.4, 0.5) is 10.1 Å². The number of Topliss-reactive ketones (excluding diaryl/α,β-unsaturated/α-hetero) is 1. The Labute approximate surface area is 222 Å². The zero-order chi connectivity index (χ0) is 27.7. The molecule has 1 spiro atoms. The molecule has 9 nitrogen and oxygen atoms in total. The summed E-state index contributed by atoms with van der Waals surface area (Å²) in [7, 11) is -3.94. The summed E-state index contributed by atoms with van der Waals surface area (Å²) < 4.78 is 46.3. The number of halogens is 1. The number of hydrogen-bond donors (Lipinski definition) is 4. The van der Waals surface area contributed by atoms with Gasteiger partial charge < -0.3 is 26.4 Å². The normalized spacial score (nSPS) is 19.4. The Morgan fingerprint density at radius 1 is 1.18 bits per heavy atom. The second-order valence-corrected chi connectivity index (χ2v) is 12.7. The monoisotopic (exact) mass is 546 g/mol. The van der Waals surface area contributed by atoms with E-state index in [1.54, 1.807) is 0 Å². The molecular weight excluding hydrogens is 511 g/mol. The number of nitrogens with two attached hydrogens (primary N) is 1. The van der Waals surface area contributed by atoms with E-state index in [-0.39, 0.29) is 23.9 Å². The van der Waals surface area contributed by atoms with Crippen LogP contribution in [0.15, 0.2) is 47.4 Å². The maximum atomic E-state index is 15.0. The van der Waals surface area contributed by atoms with Crippen LogP contribution in [0, 0.1) is 5.82 Å². The molecule has 11 heteroatoms. The Morgan fingerprint density at radius 3 is 2.45 bits per heavy atom. The third-order valence-corrected chi connectivity index (χ3v) is 8.38. The van der Waals surface area contributed by atoms with Gasteiger partial charge in [-0.15, -0.1) is 0 Å². The summed E-state index contributed by atoms with van der Waals surface area (Å²) in [6.07, 6.45) is 1.78. The first kappa shape index (κ1) is 28.2. The topological polar surface area (TPSA) is 140 Å². The highest BCUT2D eigenvalue weighted by molar-refractivity contribution is 7.90. The molecule has 5 N–H and O–H groups in total. The lowest BCUT2D eigenvalue weighted by atomic mass is 9.68. The Bertz CT molecular complexity index is 1300. The Kier molecular flexibility index (Phi) is 7.94. The van der Waals surface area contributed by atoms with Crippen LogP contribution in [0.5, 0.6) is 0 Å². The van der Waals surface area contributed by atoms with Crippen LogP contribution >= 0.6 is 0 Å². The largest absolute Gasteiger partial charge is 0.374 e. The minimum absolute atomic E-state index is 0.119. The second-order valence-electron chi connectivity index (χ2n) is 10.7. The van der Waals surface area contributed by atoms with E-state index in [4.69, 9.17) is 10.5 Å². The van der Waals surface area contributed by atoms with E-state index in [9.17, 15) is 22.4 Å². The summed E-state index contributed by atoms with van der Waals surface area (Å²) in [6, 6.07) is 10.00. The van der Waals surface area contributed by atoms with Gasteiger partial charge >= 0.3 is 0 Å². The molecule has 1 unspecified atom stereocenters. The third-order valence-electron chi connectivity index (χ3n) is 7.24. The Hall–Kier alpha value is -2.86. The summed E-state index contributed by atoms with van der Waals surface area (Å²) >= 11 is 0. The SMILES string of the molecule is CC(C)(N)C(=O)NC(COCc1ccccc1)C(=O)[C@@H]1Nc2ccc(F)c(S(C)(=O)=O)c2C12CCNCC2. The standard InChI is InChI=1S/C27H35FN4O5S/c1-26(2,29)25(34)32-20(16-37-15-17-7-5-4-6-8-17)22(33)24-27(11-13-30-14-12-27)21-19(31-24)10-9-18(28)23(21)38(3,35)36/h4-10,20,24,30-31H,11-16,29H2,1-3H3,(H,32,34)/t20?,24-/m0/s1. The van der Waals surface area contributed by atoms with Gasteiger partial charge in [-0.1, -0.05) is 30.3 Å². The number of rotatable bonds is 9. The van der Waals surface area contributed by atoms with Gasteiger partial charge in [-0.3, -0.25) is 9.59 Å². The molecule has 4 rings (SSSR count). The van der Waals surface area contributed by atoms with Crippen molar-refractivity contribution >= 4 is 27.2 Å². The van der Waals surface area contributed by atoms with Crippen LogP contribution in [-0.4, -0.2) is 63.7 Å². The molecule has 1 amide bonds. The molecule has 2 aromatic carbocycles. The molecule has 0 aromatic heterocycles. The maximum absolute atomic E-state index is 15.0. The molecule has 2 aliphatic heterocycles. The van der Waals surface area contributed by atoms with Crippen LogP contribution in [0.3, 0.4) is 0 Å². The maximum Gasteiger partial charge on any atom is 0.240 e. The number of carbonyl (C=O) groups is 2. The van der Waals surface area contributed by atoms with E-state index in [0.29, 0.717) is 37.2 Å². The lowest BCUT2D eigenvalue weighted by Gasteiger charge is -2.40. The first-order chi connectivity index (χ1) is 17.8. The van der Waals surface area contributed by atoms with Crippen molar-refractivity contribution in [3.05, 3.63) is 59.4 Å². The molecule has 2 aliphatic rings. The van der Waals surface area contributed by atoms with Crippen LogP contribution < -0.4 is 21.7 Å². The zero-order valence-corrected chi connectivity index (χ0v) is 22.7. The molecule has 38 heavy (non-hydrogen) atoms. The first-order valence-electron chi connectivity index (χ1n) is 12.6. The summed E-state index contributed by atoms with van der Waals surface area (Å²) in [5.74, 6) is -1.76. The van der Waals surface area contributed by atoms with Gasteiger partial charge in [0.1, 0.15) is 16.8 Å². The zero-order valence-electron chi connectivity index (χ0n) is 21.8. The lowest BCUT2D eigenvalue weighted by molar-refractivity contribution is -0.133. The van der Waals surface area contributed by atoms with Crippen LogP contribution in [0.25, 0.3) is 0 Å². The molecule has 0 aliphatic carbocycles. The average molecular weight is 547 g/mol. The number of piperidine rings is 1. The fourth-order valence-corrected chi connectivity index (χ4v) is 6.44. The molecule has 2 aromatic rings. The van der Waals surface area contributed by atoms with Crippen molar-refractivity contribution in [2.75, 3.05) is 31.3 Å². The third kappa shape index (κ3) is 5.61. The highest BCUT2D eigenvalue weighted by Gasteiger charge is 2.54. The fourth-order valence-electron chi connectivity index (χ4n) is 5.34. The molecule has 1 saturated heterocycles. The number of sulfone groups is 1. The number of hydrogen-bond acceptors (Lipinski definition) is 8. The lowest BCUT2D eigenvalue weighted by Crippen LogP contribution is -2.60. The molecule has 2 heterocycles. The predicted octanol–water partition coefficient (Wildman–Crippen LogP) is 1.65. The molecule has 0 bridgehead atoms. The fraction of sp³-hybridized carbons (Fsp3) is 0.481. The van der Waals surface area contributed by atoms with Crippen LogP contribution in [-0.2, 0) is 36.2 Å². The van der Waals surface area contributed by atoms with Crippen molar-refractivity contribution in [3.8, 4) is 0 Å². The number of fused-ring (bicyclic) bond motifs is 2. The average Bonchev–Trinajstić information content (AvgIpc) is 3.15. The molecule has 0 radical (unpaired) electrons. The summed E-state index contributed by atoms with van der Waals surface area (Å²) in [4.78, 5) is 26.6. The molecule has 2 atom stereocenters. The van der Waals surface area contributed by atoms with Gasteiger partial charge in [0.15, 0.2) is 15.6 Å². The quantitative estimate of drug-likeness (QED) is 0.372. The number of ketones is 1. The number of nitrogens with one attached hydrogen (secondary N) is 3. The number of carbonyl (C=O) groups excluding carboxylic acids is 2. The smallest absolute Gasteiger partial charge is 0.240 e. The van der Waals surface area contributed by atoms with Crippen molar-refractivity contribution in [1.82, 2.24) is 10.6 Å². The van der Waals surface area contributed by atoms with E-state index in [2.05, 4.69) is 16.0 Å². The van der Waals surface area contributed by atoms with Gasteiger partial charge in [0.2, 0.25) is 5.91 Å². The van der Waals surface area contributed by atoms with Crippen LogP contribution in [0.2, 0.25) is 0 Å². The summed E-state index contributed by atoms with van der Waals surface area (Å²) in [6.45, 7) is 4.21. The molecule has 0 saturated carbocycles. The van der Waals surface area contributed by atoms with Gasteiger partial charge in [0, 0.05) is 22.9 Å². The minimum Gasteiger partial charge on any atom is -0.374 e. The Morgan fingerprint density at radius 2 is 1.84 bits per heavy atom. The second kappa shape index (κ2) is 10.7. The van der Waals surface area contributed by atoms with E-state index in [1.807, 2.05) is 30.3 Å². The number of amides is 1. The highest BCUT2D eigenvalue weighted by atomic mass is 32.2. The van der Waals surface area contributed by atoms with Gasteiger partial charge in [-0.25, -0.2) is 12.8 Å². The van der Waals surface area contributed by atoms with Gasteiger partial charge in [-0.2, -0.15) is 0 Å².